The van der Waals surface area contributed by atoms with E-state index in [4.69, 9.17) is 29.6 Å². The van der Waals surface area contributed by atoms with E-state index in [0.717, 1.165) is 101 Å². The number of methoxy groups -OCH3 is 1. The lowest BCUT2D eigenvalue weighted by molar-refractivity contribution is 0.0639. The summed E-state index contributed by atoms with van der Waals surface area (Å²) in [5.41, 5.74) is 12.3. The molecule has 1 aromatic carbocycles. The molecule has 0 saturated carbocycles. The quantitative estimate of drug-likeness (QED) is 0.145. The van der Waals surface area contributed by atoms with Crippen LogP contribution in [0.1, 0.15) is 84.2 Å². The predicted molar refractivity (Wildman–Crippen MR) is 190 cm³/mol. The smallest absolute Gasteiger partial charge is 0.251 e. The highest BCUT2D eigenvalue weighted by Gasteiger charge is 2.30. The largest absolute Gasteiger partial charge is 0.496 e. The molecule has 0 radical (unpaired) electrons. The Balaban J connectivity index is 1.38. The van der Waals surface area contributed by atoms with Gasteiger partial charge in [0.25, 0.3) is 5.91 Å². The summed E-state index contributed by atoms with van der Waals surface area (Å²) < 4.78 is 18.5. The van der Waals surface area contributed by atoms with Gasteiger partial charge >= 0.3 is 0 Å². The number of primary amides is 1. The van der Waals surface area contributed by atoms with Gasteiger partial charge in [0, 0.05) is 29.9 Å². The Labute approximate surface area is 285 Å². The summed E-state index contributed by atoms with van der Waals surface area (Å²) in [6.45, 7) is 7.74. The van der Waals surface area contributed by atoms with E-state index in [1.807, 2.05) is 31.3 Å². The fourth-order valence-electron chi connectivity index (χ4n) is 7.31. The number of carbonyl (C=O) groups is 1. The van der Waals surface area contributed by atoms with E-state index in [9.17, 15) is 4.79 Å². The Hall–Kier alpha value is -4.28. The number of amides is 1. The Bertz CT molecular complexity index is 1960. The van der Waals surface area contributed by atoms with Crippen LogP contribution < -0.4 is 15.8 Å². The number of aryl methyl sites for hydroxylation is 2. The van der Waals surface area contributed by atoms with Crippen LogP contribution >= 0.6 is 11.3 Å². The molecule has 2 aliphatic rings. The molecule has 48 heavy (non-hydrogen) atoms. The van der Waals surface area contributed by atoms with Crippen LogP contribution in [0.2, 0.25) is 0 Å². The van der Waals surface area contributed by atoms with Crippen molar-refractivity contribution < 1.29 is 18.7 Å². The summed E-state index contributed by atoms with van der Waals surface area (Å²) in [5.74, 6) is 3.22. The van der Waals surface area contributed by atoms with Gasteiger partial charge in [-0.15, -0.1) is 11.3 Å². The second-order valence-electron chi connectivity index (χ2n) is 13.4. The molecule has 0 spiro atoms. The normalized spacial score (nSPS) is 16.5. The van der Waals surface area contributed by atoms with Crippen molar-refractivity contribution in [3.8, 4) is 27.6 Å². The van der Waals surface area contributed by atoms with E-state index in [0.29, 0.717) is 29.6 Å². The lowest BCUT2D eigenvalue weighted by Crippen LogP contribution is -2.20. The Morgan fingerprint density at radius 2 is 1.96 bits per heavy atom. The van der Waals surface area contributed by atoms with Crippen LogP contribution in [0.15, 0.2) is 47.1 Å². The monoisotopic (exact) mass is 665 g/mol. The minimum atomic E-state index is -0.501. The third-order valence-electron chi connectivity index (χ3n) is 9.60. The molecule has 250 valence electrons. The first kappa shape index (κ1) is 32.3. The highest BCUT2D eigenvalue weighted by Crippen LogP contribution is 2.46. The molecule has 1 unspecified atom stereocenters. The van der Waals surface area contributed by atoms with Crippen LogP contribution in [0.5, 0.6) is 5.75 Å². The number of rotatable bonds is 11. The second-order valence-corrected chi connectivity index (χ2v) is 14.5. The molecule has 9 nitrogen and oxygen atoms in total. The standard InChI is InChI=1S/C38H43N5O4S/c1-21(2)18-29-32(36(39)44)34(33(38-41-20-22(3)47-38)28(42-29)10-8-23-13-16-46-17-14-23)31-19-24-12-15-40-37(35(24)48-31)43-27-11-9-26-25(27)6-5-7-30(26)45-4/h5-7,12,15,19-21,23,27H,8-11,13-14,16-18H2,1-4H3,(H2,39,44)(H,40,43). The van der Waals surface area contributed by atoms with Crippen LogP contribution in [-0.2, 0) is 24.0 Å². The Morgan fingerprint density at radius 3 is 2.69 bits per heavy atom. The number of hydrogen-bond acceptors (Lipinski definition) is 9. The van der Waals surface area contributed by atoms with E-state index in [2.05, 4.69) is 36.3 Å². The van der Waals surface area contributed by atoms with Crippen LogP contribution in [0.4, 0.5) is 5.82 Å². The second kappa shape index (κ2) is 13.7. The lowest BCUT2D eigenvalue weighted by Gasteiger charge is -2.23. The molecule has 1 atom stereocenters. The maximum atomic E-state index is 13.5. The summed E-state index contributed by atoms with van der Waals surface area (Å²) in [5, 5.41) is 4.78. The molecule has 3 N–H and O–H groups in total. The minimum absolute atomic E-state index is 0.112. The van der Waals surface area contributed by atoms with Gasteiger partial charge in [-0.2, -0.15) is 0 Å². The van der Waals surface area contributed by atoms with E-state index < -0.39 is 5.91 Å². The van der Waals surface area contributed by atoms with Crippen molar-refractivity contribution >= 4 is 33.1 Å². The lowest BCUT2D eigenvalue weighted by atomic mass is 9.89. The van der Waals surface area contributed by atoms with Gasteiger partial charge in [0.05, 0.1) is 46.6 Å². The zero-order chi connectivity index (χ0) is 33.4. The number of pyridine rings is 2. The predicted octanol–water partition coefficient (Wildman–Crippen LogP) is 8.09. The minimum Gasteiger partial charge on any atom is -0.496 e. The Kier molecular flexibility index (Phi) is 9.20. The molecular weight excluding hydrogens is 623 g/mol. The fraction of sp³-hybridized carbons (Fsp3) is 0.421. The summed E-state index contributed by atoms with van der Waals surface area (Å²) in [4.78, 5) is 29.1. The molecule has 1 aliphatic carbocycles. The van der Waals surface area contributed by atoms with Crippen molar-refractivity contribution in [2.45, 2.75) is 71.8 Å². The number of benzene rings is 1. The van der Waals surface area contributed by atoms with Crippen LogP contribution in [0, 0.1) is 18.8 Å². The fourth-order valence-corrected chi connectivity index (χ4v) is 8.47. The molecule has 4 aromatic heterocycles. The first-order valence-corrected chi connectivity index (χ1v) is 17.8. The van der Waals surface area contributed by atoms with Gasteiger partial charge in [0.1, 0.15) is 17.3 Å². The van der Waals surface area contributed by atoms with Crippen LogP contribution in [0.3, 0.4) is 0 Å². The summed E-state index contributed by atoms with van der Waals surface area (Å²) in [6, 6.07) is 10.5. The number of anilines is 1. The van der Waals surface area contributed by atoms with E-state index in [1.165, 1.54) is 11.1 Å². The summed E-state index contributed by atoms with van der Waals surface area (Å²) in [6.07, 6.45) is 9.86. The van der Waals surface area contributed by atoms with Crippen LogP contribution in [0.25, 0.3) is 32.0 Å². The molecule has 0 bridgehead atoms. The number of hydrogen-bond donors (Lipinski definition) is 2. The highest BCUT2D eigenvalue weighted by atomic mass is 32.1. The number of carbonyl (C=O) groups excluding carboxylic acids is 1. The zero-order valence-corrected chi connectivity index (χ0v) is 28.9. The average molecular weight is 666 g/mol. The number of nitrogens with one attached hydrogen (secondary N) is 1. The van der Waals surface area contributed by atoms with E-state index in [-0.39, 0.29) is 12.0 Å². The summed E-state index contributed by atoms with van der Waals surface area (Å²) in [7, 11) is 1.72. The number of aromatic nitrogens is 3. The Morgan fingerprint density at radius 1 is 1.12 bits per heavy atom. The number of ether oxygens (including phenoxy) is 2. The molecule has 1 aliphatic heterocycles. The van der Waals surface area contributed by atoms with Gasteiger partial charge in [-0.3, -0.25) is 9.78 Å². The van der Waals surface area contributed by atoms with Crippen molar-refractivity contribution in [1.29, 1.82) is 0 Å². The number of nitrogens with two attached hydrogens (primary N) is 1. The topological polar surface area (TPSA) is 125 Å². The molecule has 7 rings (SSSR count). The molecule has 5 aromatic rings. The number of nitrogens with zero attached hydrogens (tertiary/aromatic N) is 3. The van der Waals surface area contributed by atoms with Crippen molar-refractivity contribution in [2.24, 2.45) is 17.6 Å². The van der Waals surface area contributed by atoms with Crippen LogP contribution in [-0.4, -0.2) is 41.2 Å². The number of oxazole rings is 1. The number of thiophene rings is 1. The molecule has 1 fully saturated rings. The average Bonchev–Trinajstić information content (AvgIpc) is 3.82. The molecule has 5 heterocycles. The van der Waals surface area contributed by atoms with E-state index >= 15 is 0 Å². The molecule has 1 amide bonds. The van der Waals surface area contributed by atoms with Gasteiger partial charge in [0.2, 0.25) is 5.89 Å². The van der Waals surface area contributed by atoms with E-state index in [1.54, 1.807) is 24.6 Å². The first-order valence-electron chi connectivity index (χ1n) is 17.0. The summed E-state index contributed by atoms with van der Waals surface area (Å²) >= 11 is 1.61. The molecule has 10 heteroatoms. The van der Waals surface area contributed by atoms with Gasteiger partial charge in [-0.25, -0.2) is 9.97 Å². The van der Waals surface area contributed by atoms with Crippen molar-refractivity contribution in [2.75, 3.05) is 25.6 Å². The zero-order valence-electron chi connectivity index (χ0n) is 28.1. The first-order chi connectivity index (χ1) is 23.3. The van der Waals surface area contributed by atoms with Gasteiger partial charge in [-0.1, -0.05) is 26.0 Å². The van der Waals surface area contributed by atoms with Crippen molar-refractivity contribution in [3.63, 3.8) is 0 Å². The van der Waals surface area contributed by atoms with Gasteiger partial charge in [-0.05, 0) is 98.4 Å². The van der Waals surface area contributed by atoms with Crippen molar-refractivity contribution in [1.82, 2.24) is 15.0 Å². The SMILES string of the molecule is COc1cccc2c1CCC2Nc1nccc2cc(-c3c(C(N)=O)c(CC(C)C)nc(CCC4CCOCC4)c3-c3ncc(C)o3)sc12. The maximum Gasteiger partial charge on any atom is 0.251 e. The maximum absolute atomic E-state index is 13.5. The van der Waals surface area contributed by atoms with Crippen molar-refractivity contribution in [3.05, 3.63) is 76.6 Å². The molecular formula is C38H43N5O4S. The highest BCUT2D eigenvalue weighted by molar-refractivity contribution is 7.23. The van der Waals surface area contributed by atoms with Gasteiger partial charge < -0.3 is 24.9 Å². The third-order valence-corrected chi connectivity index (χ3v) is 10.8. The van der Waals surface area contributed by atoms with Gasteiger partial charge in [0.15, 0.2) is 0 Å². The third kappa shape index (κ3) is 6.31. The molecule has 1 saturated heterocycles. The number of fused-ring (bicyclic) bond motifs is 2.